The first-order valence-electron chi connectivity index (χ1n) is 8.79. The molecule has 136 valence electrons. The molecule has 0 unspecified atom stereocenters. The lowest BCUT2D eigenvalue weighted by atomic mass is 10.1. The number of halogens is 1. The molecule has 0 amide bonds. The van der Waals surface area contributed by atoms with Crippen LogP contribution in [0.5, 0.6) is 5.75 Å². The van der Waals surface area contributed by atoms with Crippen LogP contribution in [-0.4, -0.2) is 26.0 Å². The first kappa shape index (κ1) is 17.6. The molecule has 1 aliphatic heterocycles. The van der Waals surface area contributed by atoms with Gasteiger partial charge in [0.2, 0.25) is 0 Å². The zero-order chi connectivity index (χ0) is 18.6. The number of hydrogen-bond acceptors (Lipinski definition) is 4. The SMILES string of the molecule is COc1ccccc1C1=NN(c2ccccc2Br)CN(c2ccccc2)C1. The highest BCUT2D eigenvalue weighted by Crippen LogP contribution is 2.30. The molecule has 1 aliphatic rings. The molecular formula is C22H20BrN3O. The summed E-state index contributed by atoms with van der Waals surface area (Å²) in [7, 11) is 1.70. The van der Waals surface area contributed by atoms with Crippen molar-refractivity contribution in [3.8, 4) is 5.75 Å². The number of methoxy groups -OCH3 is 1. The predicted octanol–water partition coefficient (Wildman–Crippen LogP) is 5.15. The fraction of sp³-hybridized carbons (Fsp3) is 0.136. The number of para-hydroxylation sites is 3. The van der Waals surface area contributed by atoms with E-state index in [1.807, 2.05) is 47.5 Å². The minimum absolute atomic E-state index is 0.672. The van der Waals surface area contributed by atoms with Crippen molar-refractivity contribution in [2.45, 2.75) is 0 Å². The molecule has 0 radical (unpaired) electrons. The molecule has 0 saturated carbocycles. The number of nitrogens with zero attached hydrogens (tertiary/aromatic N) is 3. The molecule has 27 heavy (non-hydrogen) atoms. The van der Waals surface area contributed by atoms with Gasteiger partial charge in [-0.3, -0.25) is 0 Å². The largest absolute Gasteiger partial charge is 0.496 e. The van der Waals surface area contributed by atoms with Gasteiger partial charge in [-0.1, -0.05) is 42.5 Å². The van der Waals surface area contributed by atoms with Crippen LogP contribution in [0.3, 0.4) is 0 Å². The lowest BCUT2D eigenvalue weighted by molar-refractivity contribution is 0.414. The summed E-state index contributed by atoms with van der Waals surface area (Å²) >= 11 is 3.66. The van der Waals surface area contributed by atoms with Crippen LogP contribution in [0.15, 0.2) is 88.4 Å². The van der Waals surface area contributed by atoms with Gasteiger partial charge in [0.1, 0.15) is 12.4 Å². The number of rotatable bonds is 4. The highest BCUT2D eigenvalue weighted by molar-refractivity contribution is 9.10. The van der Waals surface area contributed by atoms with E-state index in [1.165, 1.54) is 0 Å². The topological polar surface area (TPSA) is 28.1 Å². The van der Waals surface area contributed by atoms with E-state index in [1.54, 1.807) is 7.11 Å². The molecule has 4 nitrogen and oxygen atoms in total. The van der Waals surface area contributed by atoms with Crippen LogP contribution in [0.4, 0.5) is 11.4 Å². The molecular weight excluding hydrogens is 402 g/mol. The Morgan fingerprint density at radius 2 is 1.59 bits per heavy atom. The third-order valence-electron chi connectivity index (χ3n) is 4.56. The number of benzene rings is 3. The van der Waals surface area contributed by atoms with Crippen molar-refractivity contribution in [1.29, 1.82) is 0 Å². The molecule has 0 atom stereocenters. The smallest absolute Gasteiger partial charge is 0.128 e. The zero-order valence-corrected chi connectivity index (χ0v) is 16.6. The van der Waals surface area contributed by atoms with Crippen molar-refractivity contribution in [2.24, 2.45) is 5.10 Å². The minimum atomic E-state index is 0.672. The third kappa shape index (κ3) is 3.69. The standard InChI is InChI=1S/C22H20BrN3O/c1-27-22-14-8-5-11-18(22)20-15-25(17-9-3-2-4-10-17)16-26(24-20)21-13-7-6-12-19(21)23/h2-14H,15-16H2,1H3. The Morgan fingerprint density at radius 1 is 0.889 bits per heavy atom. The molecule has 5 heteroatoms. The lowest BCUT2D eigenvalue weighted by Crippen LogP contribution is -2.44. The van der Waals surface area contributed by atoms with Gasteiger partial charge in [0.25, 0.3) is 0 Å². The second-order valence-electron chi connectivity index (χ2n) is 6.27. The Morgan fingerprint density at radius 3 is 2.37 bits per heavy atom. The maximum atomic E-state index is 5.58. The van der Waals surface area contributed by atoms with Crippen molar-refractivity contribution in [2.75, 3.05) is 30.2 Å². The van der Waals surface area contributed by atoms with Crippen molar-refractivity contribution in [3.63, 3.8) is 0 Å². The number of anilines is 2. The normalized spacial score (nSPS) is 14.1. The van der Waals surface area contributed by atoms with Crippen LogP contribution in [0.1, 0.15) is 5.56 Å². The van der Waals surface area contributed by atoms with Crippen molar-refractivity contribution in [3.05, 3.63) is 88.9 Å². The fourth-order valence-corrected chi connectivity index (χ4v) is 3.72. The molecule has 4 rings (SSSR count). The highest BCUT2D eigenvalue weighted by atomic mass is 79.9. The first-order chi connectivity index (χ1) is 13.3. The van der Waals surface area contributed by atoms with Gasteiger partial charge in [-0.05, 0) is 52.3 Å². The van der Waals surface area contributed by atoms with Crippen LogP contribution < -0.4 is 14.6 Å². The Kier molecular flexibility index (Phi) is 5.12. The molecule has 3 aromatic carbocycles. The average Bonchev–Trinajstić information content (AvgIpc) is 2.74. The Balaban J connectivity index is 1.79. The molecule has 3 aromatic rings. The summed E-state index contributed by atoms with van der Waals surface area (Å²) in [6.07, 6.45) is 0. The van der Waals surface area contributed by atoms with Gasteiger partial charge in [0.15, 0.2) is 0 Å². The summed E-state index contributed by atoms with van der Waals surface area (Å²) in [5.41, 5.74) is 4.18. The molecule has 0 N–H and O–H groups in total. The molecule has 0 bridgehead atoms. The summed E-state index contributed by atoms with van der Waals surface area (Å²) in [5.74, 6) is 0.832. The Hall–Kier alpha value is -2.79. The maximum absolute atomic E-state index is 5.58. The van der Waals surface area contributed by atoms with E-state index >= 15 is 0 Å². The first-order valence-corrected chi connectivity index (χ1v) is 9.58. The second-order valence-corrected chi connectivity index (χ2v) is 7.13. The third-order valence-corrected chi connectivity index (χ3v) is 5.23. The lowest BCUT2D eigenvalue weighted by Gasteiger charge is -2.36. The van der Waals surface area contributed by atoms with E-state index in [0.717, 1.165) is 32.9 Å². The quantitative estimate of drug-likeness (QED) is 0.583. The summed E-state index contributed by atoms with van der Waals surface area (Å²) in [5, 5.41) is 7.00. The van der Waals surface area contributed by atoms with Crippen LogP contribution in [0, 0.1) is 0 Å². The van der Waals surface area contributed by atoms with E-state index < -0.39 is 0 Å². The number of hydrogen-bond donors (Lipinski definition) is 0. The van der Waals surface area contributed by atoms with Gasteiger partial charge in [-0.2, -0.15) is 5.10 Å². The average molecular weight is 422 g/mol. The molecule has 0 spiro atoms. The van der Waals surface area contributed by atoms with Crippen molar-refractivity contribution < 1.29 is 4.74 Å². The van der Waals surface area contributed by atoms with Crippen LogP contribution >= 0.6 is 15.9 Å². The van der Waals surface area contributed by atoms with E-state index in [2.05, 4.69) is 57.2 Å². The molecule has 0 aromatic heterocycles. The maximum Gasteiger partial charge on any atom is 0.128 e. The zero-order valence-electron chi connectivity index (χ0n) is 15.0. The van der Waals surface area contributed by atoms with E-state index in [4.69, 9.17) is 9.84 Å². The monoisotopic (exact) mass is 421 g/mol. The van der Waals surface area contributed by atoms with Crippen LogP contribution in [-0.2, 0) is 0 Å². The molecule has 0 fully saturated rings. The Bertz CT molecular complexity index is 959. The van der Waals surface area contributed by atoms with Gasteiger partial charge < -0.3 is 9.64 Å². The van der Waals surface area contributed by atoms with Crippen molar-refractivity contribution in [1.82, 2.24) is 0 Å². The van der Waals surface area contributed by atoms with Gasteiger partial charge in [0.05, 0.1) is 25.1 Å². The molecule has 0 saturated heterocycles. The summed E-state index contributed by atoms with van der Waals surface area (Å²) < 4.78 is 6.59. The van der Waals surface area contributed by atoms with Crippen LogP contribution in [0.25, 0.3) is 0 Å². The molecule has 0 aliphatic carbocycles. The predicted molar refractivity (Wildman–Crippen MR) is 115 cm³/mol. The van der Waals surface area contributed by atoms with Crippen LogP contribution in [0.2, 0.25) is 0 Å². The molecule has 1 heterocycles. The summed E-state index contributed by atoms with van der Waals surface area (Å²) in [4.78, 5) is 2.31. The number of hydrazone groups is 1. The van der Waals surface area contributed by atoms with Crippen molar-refractivity contribution >= 4 is 33.0 Å². The second kappa shape index (κ2) is 7.84. The Labute approximate surface area is 167 Å². The summed E-state index contributed by atoms with van der Waals surface area (Å²) in [6.45, 7) is 1.39. The van der Waals surface area contributed by atoms with Gasteiger partial charge in [-0.25, -0.2) is 5.01 Å². The van der Waals surface area contributed by atoms with Gasteiger partial charge in [-0.15, -0.1) is 0 Å². The fourth-order valence-electron chi connectivity index (χ4n) is 3.23. The van der Waals surface area contributed by atoms with E-state index in [-0.39, 0.29) is 0 Å². The van der Waals surface area contributed by atoms with E-state index in [9.17, 15) is 0 Å². The van der Waals surface area contributed by atoms with E-state index in [0.29, 0.717) is 13.2 Å². The minimum Gasteiger partial charge on any atom is -0.496 e. The summed E-state index contributed by atoms with van der Waals surface area (Å²) in [6, 6.07) is 26.6. The van der Waals surface area contributed by atoms with Gasteiger partial charge in [0, 0.05) is 15.7 Å². The van der Waals surface area contributed by atoms with Gasteiger partial charge >= 0.3 is 0 Å². The highest BCUT2D eigenvalue weighted by Gasteiger charge is 2.24. The number of ether oxygens (including phenoxy) is 1.